The molecule has 0 fully saturated rings. The highest BCUT2D eigenvalue weighted by Gasteiger charge is 2.02. The molecule has 0 saturated carbocycles. The molecule has 0 atom stereocenters. The van der Waals surface area contributed by atoms with E-state index in [9.17, 15) is 0 Å². The van der Waals surface area contributed by atoms with Crippen molar-refractivity contribution >= 4 is 10.9 Å². The van der Waals surface area contributed by atoms with Crippen molar-refractivity contribution in [3.63, 3.8) is 0 Å². The van der Waals surface area contributed by atoms with Gasteiger partial charge < -0.3 is 9.88 Å². The molecule has 0 saturated heterocycles. The quantitative estimate of drug-likeness (QED) is 0.794. The van der Waals surface area contributed by atoms with E-state index in [4.69, 9.17) is 8.27 Å². The topological polar surface area (TPSA) is 19.0 Å². The summed E-state index contributed by atoms with van der Waals surface area (Å²) >= 11 is 0. The largest absolute Gasteiger partial charge is 0.361 e. The molecule has 0 aliphatic rings. The Morgan fingerprint density at radius 1 is 1.43 bits per heavy atom. The third-order valence-electron chi connectivity index (χ3n) is 2.08. The second-order valence-corrected chi connectivity index (χ2v) is 3.48. The van der Waals surface area contributed by atoms with Crippen LogP contribution in [0.4, 0.5) is 0 Å². The van der Waals surface area contributed by atoms with E-state index in [1.54, 1.807) is 0 Å². The molecular formula is C12H16N2. The number of aromatic nitrogens is 1. The summed E-state index contributed by atoms with van der Waals surface area (Å²) in [6.07, 6.45) is 0.393. The first kappa shape index (κ1) is 4.49. The molecule has 2 nitrogen and oxygen atoms in total. The van der Waals surface area contributed by atoms with Gasteiger partial charge in [-0.2, -0.15) is 0 Å². The first-order chi connectivity index (χ1) is 9.27. The average Bonchev–Trinajstić information content (AvgIpc) is 2.64. The van der Waals surface area contributed by atoms with Gasteiger partial charge >= 0.3 is 0 Å². The summed E-state index contributed by atoms with van der Waals surface area (Å²) in [6, 6.07) is -1.12. The van der Waals surface area contributed by atoms with Gasteiger partial charge in [0.05, 0.1) is 6.85 Å². The lowest BCUT2D eigenvalue weighted by Gasteiger charge is -2.07. The van der Waals surface area contributed by atoms with Crippen molar-refractivity contribution in [2.75, 3.05) is 20.6 Å². The Bertz CT molecular complexity index is 677. The van der Waals surface area contributed by atoms with Crippen LogP contribution in [0, 0.1) is 0 Å². The normalized spacial score (nSPS) is 17.4. The van der Waals surface area contributed by atoms with Gasteiger partial charge in [0.15, 0.2) is 1.41 Å². The molecule has 74 valence electrons. The van der Waals surface area contributed by atoms with Crippen LogP contribution >= 0.6 is 0 Å². The molecule has 0 spiro atoms. The minimum absolute atomic E-state index is 0.0751. The molecule has 1 N–H and O–H groups in total. The van der Waals surface area contributed by atoms with E-state index in [-0.39, 0.29) is 41.2 Å². The second kappa shape index (κ2) is 3.84. The maximum atomic E-state index is 7.98. The predicted octanol–water partition coefficient (Wildman–Crippen LogP) is 2.27. The van der Waals surface area contributed by atoms with Gasteiger partial charge in [-0.3, -0.25) is 0 Å². The molecule has 14 heavy (non-hydrogen) atoms. The highest BCUT2D eigenvalue weighted by molar-refractivity contribution is 5.83. The first-order valence-electron chi connectivity index (χ1n) is 7.46. The van der Waals surface area contributed by atoms with Crippen molar-refractivity contribution in [1.82, 2.24) is 9.88 Å². The number of hydrogen-bond acceptors (Lipinski definition) is 1. The minimum atomic E-state index is -0.368. The van der Waals surface area contributed by atoms with Gasteiger partial charge in [0.25, 0.3) is 0 Å². The van der Waals surface area contributed by atoms with E-state index in [1.807, 2.05) is 19.0 Å². The van der Waals surface area contributed by atoms with Crippen LogP contribution in [-0.4, -0.2) is 30.5 Å². The number of H-pyrrole nitrogens is 1. The lowest BCUT2D eigenvalue weighted by molar-refractivity contribution is 0.414. The Kier molecular flexibility index (Phi) is 1.23. The van der Waals surface area contributed by atoms with Crippen LogP contribution < -0.4 is 0 Å². The van der Waals surface area contributed by atoms with Gasteiger partial charge in [-0.05, 0) is 32.1 Å². The zero-order valence-corrected chi connectivity index (χ0v) is 8.31. The number of rotatable bonds is 3. The number of fused-ring (bicyclic) bond motifs is 1. The van der Waals surface area contributed by atoms with E-state index in [0.29, 0.717) is 18.5 Å². The highest BCUT2D eigenvalue weighted by Crippen LogP contribution is 2.17. The van der Waals surface area contributed by atoms with Crippen molar-refractivity contribution in [3.8, 4) is 0 Å². The molecule has 0 bridgehead atoms. The highest BCUT2D eigenvalue weighted by atomic mass is 15.0. The molecule has 0 aliphatic heterocycles. The van der Waals surface area contributed by atoms with Crippen LogP contribution in [0.5, 0.6) is 0 Å². The summed E-state index contributed by atoms with van der Waals surface area (Å²) in [5, 5.41) is 0.290. The van der Waals surface area contributed by atoms with Gasteiger partial charge in [0, 0.05) is 23.6 Å². The van der Waals surface area contributed by atoms with Crippen molar-refractivity contribution in [3.05, 3.63) is 35.9 Å². The van der Waals surface area contributed by atoms with Crippen molar-refractivity contribution in [2.24, 2.45) is 0 Å². The number of hydrogen-bond donors (Lipinski definition) is 1. The number of nitrogens with one attached hydrogen (secondary N) is 1. The molecule has 0 aliphatic carbocycles. The van der Waals surface area contributed by atoms with Gasteiger partial charge in [-0.15, -0.1) is 0 Å². The standard InChI is InChI=1S/C12H16N2/c1-14(2)8-7-10-9-13-12-6-4-3-5-11(10)12/h3-6,9,13H,7-8H2,1-2H3/i3D,4D,5D,6D,9D/hD. The van der Waals surface area contributed by atoms with Crippen molar-refractivity contribution in [2.45, 2.75) is 6.42 Å². The van der Waals surface area contributed by atoms with Crippen LogP contribution in [0.3, 0.4) is 0 Å². The first-order valence-corrected chi connectivity index (χ1v) is 4.51. The van der Waals surface area contributed by atoms with Crippen LogP contribution in [0.2, 0.25) is 1.41 Å². The van der Waals surface area contributed by atoms with Crippen LogP contribution in [-0.2, 0) is 6.42 Å². The lowest BCUT2D eigenvalue weighted by atomic mass is 10.1. The number of likely N-dealkylation sites (N-methyl/N-ethyl adjacent to an activating group) is 1. The third-order valence-corrected chi connectivity index (χ3v) is 2.08. The monoisotopic (exact) mass is 194 g/mol. The van der Waals surface area contributed by atoms with Crippen LogP contribution in [0.1, 0.15) is 12.4 Å². The molecule has 1 aromatic carbocycles. The van der Waals surface area contributed by atoms with Gasteiger partial charge in [0.2, 0.25) is 0 Å². The van der Waals surface area contributed by atoms with E-state index in [1.165, 1.54) is 0 Å². The zero-order chi connectivity index (χ0) is 15.2. The van der Waals surface area contributed by atoms with E-state index >= 15 is 0 Å². The van der Waals surface area contributed by atoms with Gasteiger partial charge in [-0.1, -0.05) is 18.1 Å². The van der Waals surface area contributed by atoms with Crippen molar-refractivity contribution in [1.29, 1.82) is 0 Å². The Morgan fingerprint density at radius 2 is 2.21 bits per heavy atom. The molecular weight excluding hydrogens is 172 g/mol. The maximum Gasteiger partial charge on any atom is 0.166 e. The molecule has 0 unspecified atom stereocenters. The SMILES string of the molecule is [2H]c1c([2H])c([2H])c2c(c1[2H])c(CCN(C)C)c([2H])n2[2H]. The fraction of sp³-hybridized carbons (Fsp3) is 0.333. The summed E-state index contributed by atoms with van der Waals surface area (Å²) in [5.74, 6) is 0. The predicted molar refractivity (Wildman–Crippen MR) is 60.6 cm³/mol. The lowest BCUT2D eigenvalue weighted by Crippen LogP contribution is -2.14. The molecule has 1 aromatic heterocycles. The maximum absolute atomic E-state index is 7.98. The fourth-order valence-electron chi connectivity index (χ4n) is 1.30. The van der Waals surface area contributed by atoms with Crippen LogP contribution in [0.15, 0.2) is 30.3 Å². The molecule has 2 heteroatoms. The van der Waals surface area contributed by atoms with Crippen LogP contribution in [0.25, 0.3) is 10.9 Å². The number of para-hydroxylation sites is 1. The summed E-state index contributed by atoms with van der Waals surface area (Å²) in [6.45, 7) is 0.647. The summed E-state index contributed by atoms with van der Waals surface area (Å²) < 4.78 is 47.1. The fourth-order valence-corrected chi connectivity index (χ4v) is 1.30. The van der Waals surface area contributed by atoms with Gasteiger partial charge in [0.1, 0.15) is 0 Å². The Morgan fingerprint density at radius 3 is 3.00 bits per heavy atom. The van der Waals surface area contributed by atoms with E-state index in [0.717, 1.165) is 4.98 Å². The molecule has 0 radical (unpaired) electrons. The average molecular weight is 194 g/mol. The Hall–Kier alpha value is -1.28. The zero-order valence-electron chi connectivity index (χ0n) is 14.3. The molecule has 2 rings (SSSR count). The molecule has 0 amide bonds. The number of benzene rings is 1. The Balaban J connectivity index is 2.79. The summed E-state index contributed by atoms with van der Waals surface area (Å²) in [4.78, 5) is 2.72. The summed E-state index contributed by atoms with van der Waals surface area (Å²) in [7, 11) is 3.78. The van der Waals surface area contributed by atoms with Crippen molar-refractivity contribution < 1.29 is 8.27 Å². The number of aromatic amines is 1. The Labute approximate surface area is 93.0 Å². The smallest absolute Gasteiger partial charge is 0.166 e. The number of nitrogens with zero attached hydrogens (tertiary/aromatic N) is 1. The van der Waals surface area contributed by atoms with E-state index in [2.05, 4.69) is 0 Å². The van der Waals surface area contributed by atoms with Gasteiger partial charge in [-0.25, -0.2) is 0 Å². The molecule has 2 aromatic rings. The molecule has 1 heterocycles. The second-order valence-electron chi connectivity index (χ2n) is 3.48. The third kappa shape index (κ3) is 1.80. The summed E-state index contributed by atoms with van der Waals surface area (Å²) in [5.41, 5.74) is 0.574. The minimum Gasteiger partial charge on any atom is -0.361 e. The van der Waals surface area contributed by atoms with E-state index < -0.39 is 0 Å².